The second-order valence-corrected chi connectivity index (χ2v) is 2.08. The molecule has 3 nitrogen and oxygen atoms in total. The predicted octanol–water partition coefficient (Wildman–Crippen LogP) is 1.21. The van der Waals surface area contributed by atoms with E-state index in [1.807, 2.05) is 0 Å². The highest BCUT2D eigenvalue weighted by Crippen LogP contribution is 1.98. The first-order chi connectivity index (χ1) is 5.00. The summed E-state index contributed by atoms with van der Waals surface area (Å²) in [5, 5.41) is 0. The van der Waals surface area contributed by atoms with Crippen molar-refractivity contribution in [3.63, 3.8) is 0 Å². The summed E-state index contributed by atoms with van der Waals surface area (Å²) in [6, 6.07) is 0. The molecule has 0 atom stereocenters. The zero-order chi connectivity index (χ0) is 7.07. The number of aromatic amines is 1. The van der Waals surface area contributed by atoms with Crippen LogP contribution in [0.3, 0.4) is 0 Å². The van der Waals surface area contributed by atoms with Gasteiger partial charge in [0.1, 0.15) is 0 Å². The van der Waals surface area contributed by atoms with Gasteiger partial charge < -0.3 is 9.72 Å². The lowest BCUT2D eigenvalue weighted by Gasteiger charge is -1.76. The van der Waals surface area contributed by atoms with Crippen LogP contribution in [0.2, 0.25) is 0 Å². The van der Waals surface area contributed by atoms with Crippen LogP contribution in [0.15, 0.2) is 18.7 Å². The van der Waals surface area contributed by atoms with Gasteiger partial charge in [0.25, 0.3) is 0 Å². The summed E-state index contributed by atoms with van der Waals surface area (Å²) in [7, 11) is 0. The highest BCUT2D eigenvalue weighted by Gasteiger charge is 1.94. The minimum absolute atomic E-state index is 1.00. The van der Waals surface area contributed by atoms with E-state index in [4.69, 9.17) is 4.74 Å². The Labute approximate surface area is 60.4 Å². The lowest BCUT2D eigenvalue weighted by molar-refractivity contribution is 0.198. The van der Waals surface area contributed by atoms with Gasteiger partial charge in [-0.15, -0.1) is 0 Å². The van der Waals surface area contributed by atoms with Crippen LogP contribution >= 0.6 is 0 Å². The van der Waals surface area contributed by atoms with E-state index in [9.17, 15) is 0 Å². The molecule has 1 N–H and O–H groups in total. The average molecular weight is 140 g/mol. The molecular formula is C7H12N2O. The SMILES string of the molecule is C1CCOC1.c1c[nH]cn1. The number of hydrogen-bond acceptors (Lipinski definition) is 2. The van der Waals surface area contributed by atoms with E-state index < -0.39 is 0 Å². The van der Waals surface area contributed by atoms with Gasteiger partial charge in [0, 0.05) is 25.6 Å². The first kappa shape index (κ1) is 7.28. The molecule has 1 aromatic heterocycles. The normalized spacial score (nSPS) is 16.0. The summed E-state index contributed by atoms with van der Waals surface area (Å²) in [5.41, 5.74) is 0. The lowest BCUT2D eigenvalue weighted by Crippen LogP contribution is -1.74. The number of hydrogen-bond donors (Lipinski definition) is 1. The summed E-state index contributed by atoms with van der Waals surface area (Å²) in [5.74, 6) is 0. The molecule has 1 fully saturated rings. The number of aromatic nitrogens is 2. The minimum Gasteiger partial charge on any atom is -0.381 e. The van der Waals surface area contributed by atoms with Crippen LogP contribution < -0.4 is 0 Å². The molecule has 1 aliphatic heterocycles. The van der Waals surface area contributed by atoms with Crippen LogP contribution in [0.1, 0.15) is 12.8 Å². The summed E-state index contributed by atoms with van der Waals surface area (Å²) in [6.45, 7) is 2.00. The topological polar surface area (TPSA) is 37.9 Å². The molecule has 1 saturated heterocycles. The standard InChI is InChI=1S/C4H8O.C3H4N2/c1-2-4-5-3-1;1-2-5-3-4-1/h1-4H2;1-3H,(H,4,5). The molecule has 0 aromatic carbocycles. The molecule has 0 aliphatic carbocycles. The third-order valence-corrected chi connectivity index (χ3v) is 1.23. The van der Waals surface area contributed by atoms with E-state index in [-0.39, 0.29) is 0 Å². The largest absolute Gasteiger partial charge is 0.381 e. The molecule has 0 unspecified atom stereocenters. The fourth-order valence-corrected chi connectivity index (χ4v) is 0.725. The monoisotopic (exact) mass is 140 g/mol. The van der Waals surface area contributed by atoms with Crippen molar-refractivity contribution in [1.29, 1.82) is 0 Å². The van der Waals surface area contributed by atoms with Crippen LogP contribution in [0.5, 0.6) is 0 Å². The van der Waals surface area contributed by atoms with Crippen LogP contribution in [0, 0.1) is 0 Å². The Hall–Kier alpha value is -0.830. The molecule has 1 aliphatic rings. The number of rotatable bonds is 0. The van der Waals surface area contributed by atoms with Crippen LogP contribution in [0.25, 0.3) is 0 Å². The maximum absolute atomic E-state index is 4.94. The summed E-state index contributed by atoms with van der Waals surface area (Å²) in [6.07, 6.45) is 7.64. The Bertz CT molecular complexity index is 110. The van der Waals surface area contributed by atoms with E-state index in [2.05, 4.69) is 9.97 Å². The van der Waals surface area contributed by atoms with Crippen molar-refractivity contribution in [2.75, 3.05) is 13.2 Å². The van der Waals surface area contributed by atoms with Gasteiger partial charge in [-0.3, -0.25) is 0 Å². The molecule has 10 heavy (non-hydrogen) atoms. The maximum atomic E-state index is 4.94. The highest BCUT2D eigenvalue weighted by atomic mass is 16.5. The van der Waals surface area contributed by atoms with Crippen molar-refractivity contribution in [1.82, 2.24) is 9.97 Å². The zero-order valence-corrected chi connectivity index (χ0v) is 5.92. The minimum atomic E-state index is 1.00. The van der Waals surface area contributed by atoms with Gasteiger partial charge in [-0.1, -0.05) is 0 Å². The van der Waals surface area contributed by atoms with Crippen molar-refractivity contribution in [2.45, 2.75) is 12.8 Å². The third-order valence-electron chi connectivity index (χ3n) is 1.23. The summed E-state index contributed by atoms with van der Waals surface area (Å²) >= 11 is 0. The Kier molecular flexibility index (Phi) is 3.64. The summed E-state index contributed by atoms with van der Waals surface area (Å²) < 4.78 is 4.94. The molecule has 0 radical (unpaired) electrons. The fourth-order valence-electron chi connectivity index (χ4n) is 0.725. The van der Waals surface area contributed by atoms with Gasteiger partial charge >= 0.3 is 0 Å². The van der Waals surface area contributed by atoms with Crippen LogP contribution in [-0.2, 0) is 4.74 Å². The van der Waals surface area contributed by atoms with Crippen molar-refractivity contribution in [2.24, 2.45) is 0 Å². The number of ether oxygens (including phenoxy) is 1. The zero-order valence-electron chi connectivity index (χ0n) is 5.92. The quantitative estimate of drug-likeness (QED) is 0.588. The van der Waals surface area contributed by atoms with Crippen molar-refractivity contribution < 1.29 is 4.74 Å². The molecular weight excluding hydrogens is 128 g/mol. The Morgan fingerprint density at radius 2 is 2.10 bits per heavy atom. The number of nitrogens with one attached hydrogen (secondary N) is 1. The molecule has 0 saturated carbocycles. The Balaban J connectivity index is 0.0000001000. The first-order valence-electron chi connectivity index (χ1n) is 3.50. The van der Waals surface area contributed by atoms with Gasteiger partial charge in [-0.2, -0.15) is 0 Å². The molecule has 56 valence electrons. The maximum Gasteiger partial charge on any atom is 0.0919 e. The van der Waals surface area contributed by atoms with E-state index in [1.165, 1.54) is 12.8 Å². The first-order valence-corrected chi connectivity index (χ1v) is 3.50. The second kappa shape index (κ2) is 4.99. The molecule has 1 aromatic rings. The Morgan fingerprint density at radius 1 is 1.30 bits per heavy atom. The lowest BCUT2D eigenvalue weighted by atomic mass is 10.4. The third kappa shape index (κ3) is 3.25. The number of imidazole rings is 1. The molecule has 2 heterocycles. The van der Waals surface area contributed by atoms with Crippen LogP contribution in [0.4, 0.5) is 0 Å². The number of nitrogens with zero attached hydrogens (tertiary/aromatic N) is 1. The second-order valence-electron chi connectivity index (χ2n) is 2.08. The molecule has 2 rings (SSSR count). The molecule has 3 heteroatoms. The fraction of sp³-hybridized carbons (Fsp3) is 0.571. The number of H-pyrrole nitrogens is 1. The molecule has 0 bridgehead atoms. The average Bonchev–Trinajstić information content (AvgIpc) is 2.67. The smallest absolute Gasteiger partial charge is 0.0919 e. The van der Waals surface area contributed by atoms with E-state index in [0.29, 0.717) is 0 Å². The van der Waals surface area contributed by atoms with Gasteiger partial charge in [-0.25, -0.2) is 4.98 Å². The van der Waals surface area contributed by atoms with Crippen molar-refractivity contribution in [3.05, 3.63) is 18.7 Å². The van der Waals surface area contributed by atoms with Gasteiger partial charge in [0.15, 0.2) is 0 Å². The van der Waals surface area contributed by atoms with E-state index in [1.54, 1.807) is 18.7 Å². The van der Waals surface area contributed by atoms with Gasteiger partial charge in [0.2, 0.25) is 0 Å². The van der Waals surface area contributed by atoms with Crippen molar-refractivity contribution in [3.8, 4) is 0 Å². The molecule has 0 spiro atoms. The van der Waals surface area contributed by atoms with E-state index in [0.717, 1.165) is 13.2 Å². The Morgan fingerprint density at radius 3 is 2.30 bits per heavy atom. The summed E-state index contributed by atoms with van der Waals surface area (Å²) in [4.78, 5) is 6.42. The van der Waals surface area contributed by atoms with Crippen molar-refractivity contribution >= 4 is 0 Å². The van der Waals surface area contributed by atoms with Gasteiger partial charge in [0.05, 0.1) is 6.33 Å². The highest BCUT2D eigenvalue weighted by molar-refractivity contribution is 4.64. The molecule has 0 amide bonds. The predicted molar refractivity (Wildman–Crippen MR) is 38.6 cm³/mol. The van der Waals surface area contributed by atoms with E-state index >= 15 is 0 Å². The van der Waals surface area contributed by atoms with Crippen LogP contribution in [-0.4, -0.2) is 23.2 Å². The van der Waals surface area contributed by atoms with Gasteiger partial charge in [-0.05, 0) is 12.8 Å².